The van der Waals surface area contributed by atoms with Crippen LogP contribution in [0.4, 0.5) is 17.6 Å². The standard InChI is InChI=1S/C9H8ClF4N/c10-6-3-5(1-2-7(6)11)4-8(15)9(12,13)14/h1-3,8H,4,15H2. The second kappa shape index (κ2) is 4.37. The van der Waals surface area contributed by atoms with Gasteiger partial charge >= 0.3 is 6.18 Å². The van der Waals surface area contributed by atoms with E-state index in [2.05, 4.69) is 0 Å². The molecule has 0 heterocycles. The zero-order valence-electron chi connectivity index (χ0n) is 7.48. The van der Waals surface area contributed by atoms with E-state index >= 15 is 0 Å². The number of alkyl halides is 3. The molecule has 0 saturated carbocycles. The summed E-state index contributed by atoms with van der Waals surface area (Å²) in [4.78, 5) is 0. The Morgan fingerprint density at radius 1 is 1.33 bits per heavy atom. The second-order valence-corrected chi connectivity index (χ2v) is 3.51. The highest BCUT2D eigenvalue weighted by Crippen LogP contribution is 2.23. The van der Waals surface area contributed by atoms with E-state index in [-0.39, 0.29) is 10.6 Å². The fraction of sp³-hybridized carbons (Fsp3) is 0.333. The first-order chi connectivity index (χ1) is 6.80. The van der Waals surface area contributed by atoms with Gasteiger partial charge in [0.2, 0.25) is 0 Å². The van der Waals surface area contributed by atoms with Crippen LogP contribution in [-0.4, -0.2) is 12.2 Å². The Bertz CT molecular complexity index is 350. The van der Waals surface area contributed by atoms with Crippen molar-refractivity contribution >= 4 is 11.6 Å². The third-order valence-corrected chi connectivity index (χ3v) is 2.15. The van der Waals surface area contributed by atoms with E-state index in [1.807, 2.05) is 0 Å². The molecule has 0 aromatic heterocycles. The van der Waals surface area contributed by atoms with E-state index in [4.69, 9.17) is 17.3 Å². The smallest absolute Gasteiger partial charge is 0.320 e. The lowest BCUT2D eigenvalue weighted by Crippen LogP contribution is -2.39. The highest BCUT2D eigenvalue weighted by atomic mass is 35.5. The third kappa shape index (κ3) is 3.35. The summed E-state index contributed by atoms with van der Waals surface area (Å²) in [7, 11) is 0. The van der Waals surface area contributed by atoms with Gasteiger partial charge in [-0.25, -0.2) is 4.39 Å². The number of rotatable bonds is 2. The fourth-order valence-corrected chi connectivity index (χ4v) is 1.24. The fourth-order valence-electron chi connectivity index (χ4n) is 1.04. The Hall–Kier alpha value is -0.810. The number of hydrogen-bond donors (Lipinski definition) is 1. The van der Waals surface area contributed by atoms with Crippen LogP contribution in [0.5, 0.6) is 0 Å². The molecule has 1 rings (SSSR count). The molecular weight excluding hydrogens is 234 g/mol. The lowest BCUT2D eigenvalue weighted by atomic mass is 10.1. The lowest BCUT2D eigenvalue weighted by molar-refractivity contribution is -0.147. The summed E-state index contributed by atoms with van der Waals surface area (Å²) >= 11 is 5.41. The number of hydrogen-bond acceptors (Lipinski definition) is 1. The minimum atomic E-state index is -4.46. The number of benzene rings is 1. The van der Waals surface area contributed by atoms with Crippen molar-refractivity contribution in [3.8, 4) is 0 Å². The van der Waals surface area contributed by atoms with Crippen LogP contribution in [0, 0.1) is 5.82 Å². The molecular formula is C9H8ClF4N. The molecule has 1 unspecified atom stereocenters. The molecule has 1 atom stereocenters. The predicted octanol–water partition coefficient (Wildman–Crippen LogP) is 2.91. The third-order valence-electron chi connectivity index (χ3n) is 1.86. The first-order valence-electron chi connectivity index (χ1n) is 4.07. The molecule has 1 nitrogen and oxygen atoms in total. The molecule has 0 fully saturated rings. The van der Waals surface area contributed by atoms with Crippen molar-refractivity contribution in [2.45, 2.75) is 18.6 Å². The molecule has 0 aliphatic heterocycles. The SMILES string of the molecule is NC(Cc1ccc(F)c(Cl)c1)C(F)(F)F. The summed E-state index contributed by atoms with van der Waals surface area (Å²) in [6.45, 7) is 0. The van der Waals surface area contributed by atoms with E-state index in [1.54, 1.807) is 0 Å². The van der Waals surface area contributed by atoms with Crippen molar-refractivity contribution < 1.29 is 17.6 Å². The van der Waals surface area contributed by atoms with E-state index in [0.717, 1.165) is 12.1 Å². The molecule has 0 saturated heterocycles. The summed E-state index contributed by atoms with van der Waals surface area (Å²) in [5, 5.41) is -0.207. The molecule has 0 bridgehead atoms. The van der Waals surface area contributed by atoms with E-state index < -0.39 is 24.5 Å². The summed E-state index contributed by atoms with van der Waals surface area (Å²) in [5.41, 5.74) is 5.16. The summed E-state index contributed by atoms with van der Waals surface area (Å²) in [6.07, 6.45) is -4.87. The molecule has 2 N–H and O–H groups in total. The van der Waals surface area contributed by atoms with Gasteiger partial charge in [-0.3, -0.25) is 0 Å². The van der Waals surface area contributed by atoms with Gasteiger partial charge in [-0.2, -0.15) is 13.2 Å². The summed E-state index contributed by atoms with van der Waals surface area (Å²) in [5.74, 6) is -0.666. The monoisotopic (exact) mass is 241 g/mol. The average molecular weight is 242 g/mol. The molecule has 0 aliphatic carbocycles. The predicted molar refractivity (Wildman–Crippen MR) is 49.1 cm³/mol. The van der Waals surface area contributed by atoms with Crippen molar-refractivity contribution in [3.63, 3.8) is 0 Å². The Morgan fingerprint density at radius 3 is 2.40 bits per heavy atom. The van der Waals surface area contributed by atoms with E-state index in [0.29, 0.717) is 0 Å². The van der Waals surface area contributed by atoms with Gasteiger partial charge in [0.15, 0.2) is 0 Å². The molecule has 15 heavy (non-hydrogen) atoms. The highest BCUT2D eigenvalue weighted by molar-refractivity contribution is 6.30. The van der Waals surface area contributed by atoms with Crippen LogP contribution in [0.15, 0.2) is 18.2 Å². The van der Waals surface area contributed by atoms with Crippen molar-refractivity contribution in [3.05, 3.63) is 34.6 Å². The van der Waals surface area contributed by atoms with Crippen molar-refractivity contribution in [1.29, 1.82) is 0 Å². The van der Waals surface area contributed by atoms with Crippen LogP contribution >= 0.6 is 11.6 Å². The maximum absolute atomic E-state index is 12.7. The Morgan fingerprint density at radius 2 is 1.93 bits per heavy atom. The molecule has 0 spiro atoms. The van der Waals surface area contributed by atoms with Gasteiger partial charge in [0.1, 0.15) is 11.9 Å². The Kier molecular flexibility index (Phi) is 3.57. The highest BCUT2D eigenvalue weighted by Gasteiger charge is 2.36. The Labute approximate surface area is 88.8 Å². The zero-order chi connectivity index (χ0) is 11.6. The van der Waals surface area contributed by atoms with Crippen molar-refractivity contribution in [2.24, 2.45) is 5.73 Å². The molecule has 1 aromatic carbocycles. The molecule has 1 aromatic rings. The topological polar surface area (TPSA) is 26.0 Å². The van der Waals surface area contributed by atoms with Crippen LogP contribution in [0.3, 0.4) is 0 Å². The molecule has 6 heteroatoms. The van der Waals surface area contributed by atoms with Crippen LogP contribution in [-0.2, 0) is 6.42 Å². The van der Waals surface area contributed by atoms with Gasteiger partial charge < -0.3 is 5.73 Å². The quantitative estimate of drug-likeness (QED) is 0.792. The van der Waals surface area contributed by atoms with Crippen molar-refractivity contribution in [1.82, 2.24) is 0 Å². The normalized spacial score (nSPS) is 14.0. The first kappa shape index (κ1) is 12.3. The van der Waals surface area contributed by atoms with Crippen LogP contribution in [0.2, 0.25) is 5.02 Å². The van der Waals surface area contributed by atoms with Gasteiger partial charge in [0.05, 0.1) is 5.02 Å². The average Bonchev–Trinajstić information content (AvgIpc) is 2.10. The first-order valence-corrected chi connectivity index (χ1v) is 4.44. The maximum atomic E-state index is 12.7. The van der Waals surface area contributed by atoms with Gasteiger partial charge in [-0.1, -0.05) is 17.7 Å². The minimum Gasteiger partial charge on any atom is -0.320 e. The molecule has 0 aliphatic rings. The van der Waals surface area contributed by atoms with Gasteiger partial charge in [0, 0.05) is 0 Å². The molecule has 84 valence electrons. The largest absolute Gasteiger partial charge is 0.403 e. The van der Waals surface area contributed by atoms with Gasteiger partial charge in [0.25, 0.3) is 0 Å². The van der Waals surface area contributed by atoms with Gasteiger partial charge in [-0.05, 0) is 24.1 Å². The van der Waals surface area contributed by atoms with E-state index in [9.17, 15) is 17.6 Å². The Balaban J connectivity index is 2.78. The van der Waals surface area contributed by atoms with Crippen molar-refractivity contribution in [2.75, 3.05) is 0 Å². The lowest BCUT2D eigenvalue weighted by Gasteiger charge is -2.15. The number of halogens is 5. The summed E-state index contributed by atoms with van der Waals surface area (Å²) < 4.78 is 48.9. The van der Waals surface area contributed by atoms with Crippen LogP contribution < -0.4 is 5.73 Å². The van der Waals surface area contributed by atoms with Crippen LogP contribution in [0.25, 0.3) is 0 Å². The zero-order valence-corrected chi connectivity index (χ0v) is 8.24. The maximum Gasteiger partial charge on any atom is 0.403 e. The van der Waals surface area contributed by atoms with Gasteiger partial charge in [-0.15, -0.1) is 0 Å². The number of nitrogens with two attached hydrogens (primary N) is 1. The molecule has 0 radical (unpaired) electrons. The molecule has 0 amide bonds. The van der Waals surface area contributed by atoms with E-state index in [1.165, 1.54) is 6.07 Å². The summed E-state index contributed by atoms with van der Waals surface area (Å²) in [6, 6.07) is 1.43. The second-order valence-electron chi connectivity index (χ2n) is 3.10. The van der Waals surface area contributed by atoms with Crippen LogP contribution in [0.1, 0.15) is 5.56 Å². The minimum absolute atomic E-state index is 0.207.